The van der Waals surface area contributed by atoms with Gasteiger partial charge in [0.05, 0.1) is 13.2 Å². The molecule has 20 heavy (non-hydrogen) atoms. The third-order valence-corrected chi connectivity index (χ3v) is 4.97. The first-order chi connectivity index (χ1) is 9.77. The Morgan fingerprint density at radius 1 is 1.05 bits per heavy atom. The first-order valence-electron chi connectivity index (χ1n) is 8.08. The Bertz CT molecular complexity index is 326. The largest absolute Gasteiger partial charge is 0.461 e. The van der Waals surface area contributed by atoms with Crippen molar-refractivity contribution < 1.29 is 14.3 Å². The monoisotopic (exact) mass is 282 g/mol. The summed E-state index contributed by atoms with van der Waals surface area (Å²) in [4.78, 5) is 12.2. The van der Waals surface area contributed by atoms with E-state index < -0.39 is 0 Å². The second-order valence-electron chi connectivity index (χ2n) is 6.45. The number of hydrogen-bond donors (Lipinski definition) is 2. The summed E-state index contributed by atoms with van der Waals surface area (Å²) in [5, 5.41) is 0. The van der Waals surface area contributed by atoms with Crippen LogP contribution < -0.4 is 10.9 Å². The minimum Gasteiger partial charge on any atom is -0.461 e. The average molecular weight is 282 g/mol. The number of hydrazine groups is 1. The van der Waals surface area contributed by atoms with Gasteiger partial charge in [-0.2, -0.15) is 0 Å². The van der Waals surface area contributed by atoms with Crippen LogP contribution in [0.5, 0.6) is 0 Å². The summed E-state index contributed by atoms with van der Waals surface area (Å²) < 4.78 is 10.9. The van der Waals surface area contributed by atoms with E-state index in [9.17, 15) is 4.79 Å². The lowest BCUT2D eigenvalue weighted by atomic mass is 9.77. The van der Waals surface area contributed by atoms with Crippen LogP contribution in [0.1, 0.15) is 57.8 Å². The first kappa shape index (κ1) is 14.3. The van der Waals surface area contributed by atoms with Gasteiger partial charge in [0.1, 0.15) is 12.1 Å². The summed E-state index contributed by atoms with van der Waals surface area (Å²) in [6, 6.07) is -0.189. The number of carbonyl (C=O) groups excluding carboxylic acids is 1. The molecule has 2 N–H and O–H groups in total. The van der Waals surface area contributed by atoms with Crippen molar-refractivity contribution in [1.82, 2.24) is 10.9 Å². The van der Waals surface area contributed by atoms with E-state index in [2.05, 4.69) is 10.9 Å². The van der Waals surface area contributed by atoms with Gasteiger partial charge in [0.2, 0.25) is 0 Å². The van der Waals surface area contributed by atoms with Gasteiger partial charge in [-0.05, 0) is 25.7 Å². The smallest absolute Gasteiger partial charge is 0.324 e. The summed E-state index contributed by atoms with van der Waals surface area (Å²) in [5.74, 6) is -0.102. The van der Waals surface area contributed by atoms with Crippen LogP contribution in [-0.4, -0.2) is 36.9 Å². The quantitative estimate of drug-likeness (QED) is 0.755. The molecular weight excluding hydrogens is 256 g/mol. The molecule has 0 aromatic carbocycles. The molecule has 0 radical (unpaired) electrons. The Labute approximate surface area is 120 Å². The topological polar surface area (TPSA) is 59.6 Å². The normalized spacial score (nSPS) is 31.1. The molecule has 114 valence electrons. The molecule has 1 unspecified atom stereocenters. The third kappa shape index (κ3) is 3.32. The highest BCUT2D eigenvalue weighted by Crippen LogP contribution is 2.34. The Hall–Kier alpha value is -0.650. The van der Waals surface area contributed by atoms with E-state index in [1.165, 1.54) is 32.1 Å². The average Bonchev–Trinajstić information content (AvgIpc) is 2.50. The molecule has 1 saturated carbocycles. The maximum absolute atomic E-state index is 12.2. The molecule has 2 heterocycles. The number of hydrogen-bond acceptors (Lipinski definition) is 5. The van der Waals surface area contributed by atoms with Gasteiger partial charge >= 0.3 is 5.97 Å². The van der Waals surface area contributed by atoms with Gasteiger partial charge in [-0.3, -0.25) is 10.2 Å². The van der Waals surface area contributed by atoms with Crippen molar-refractivity contribution in [3.8, 4) is 0 Å². The second kappa shape index (κ2) is 6.41. The lowest BCUT2D eigenvalue weighted by molar-refractivity contribution is -0.157. The minimum absolute atomic E-state index is 0.0450. The molecule has 5 heteroatoms. The van der Waals surface area contributed by atoms with Crippen molar-refractivity contribution in [2.45, 2.75) is 75.5 Å². The van der Waals surface area contributed by atoms with Gasteiger partial charge < -0.3 is 9.47 Å². The molecule has 0 amide bonds. The lowest BCUT2D eigenvalue weighted by Crippen LogP contribution is -2.62. The van der Waals surface area contributed by atoms with Gasteiger partial charge in [0, 0.05) is 18.4 Å². The van der Waals surface area contributed by atoms with Crippen molar-refractivity contribution in [1.29, 1.82) is 0 Å². The van der Waals surface area contributed by atoms with E-state index in [1.807, 2.05) is 0 Å². The molecule has 0 aromatic heterocycles. The fourth-order valence-electron chi connectivity index (χ4n) is 3.62. The highest BCUT2D eigenvalue weighted by molar-refractivity contribution is 5.76. The molecule has 5 nitrogen and oxygen atoms in total. The molecule has 2 aliphatic heterocycles. The first-order valence-corrected chi connectivity index (χ1v) is 8.08. The van der Waals surface area contributed by atoms with Gasteiger partial charge in [-0.1, -0.05) is 19.3 Å². The maximum atomic E-state index is 12.2. The standard InChI is InChI=1S/C15H26N2O3/c18-14(20-12-5-10-19-11-6-12)13-4-9-15(17-16-13)7-2-1-3-8-15/h12-13,16-17H,1-11H2. The van der Waals surface area contributed by atoms with E-state index in [1.54, 1.807) is 0 Å². The van der Waals surface area contributed by atoms with Crippen LogP contribution in [0.15, 0.2) is 0 Å². The molecule has 1 aliphatic carbocycles. The SMILES string of the molecule is O=C(OC1CCOCC1)C1CCC2(CCCCC2)NN1. The van der Waals surface area contributed by atoms with Crippen molar-refractivity contribution in [2.24, 2.45) is 0 Å². The molecule has 3 aliphatic rings. The van der Waals surface area contributed by atoms with E-state index in [-0.39, 0.29) is 23.7 Å². The summed E-state index contributed by atoms with van der Waals surface area (Å²) in [6.07, 6.45) is 10.1. The van der Waals surface area contributed by atoms with Crippen molar-refractivity contribution in [2.75, 3.05) is 13.2 Å². The van der Waals surface area contributed by atoms with E-state index >= 15 is 0 Å². The molecule has 3 fully saturated rings. The number of carbonyl (C=O) groups is 1. The zero-order valence-corrected chi connectivity index (χ0v) is 12.2. The number of esters is 1. The van der Waals surface area contributed by atoms with Crippen LogP contribution in [0.2, 0.25) is 0 Å². The lowest BCUT2D eigenvalue weighted by Gasteiger charge is -2.43. The number of ether oxygens (including phenoxy) is 2. The van der Waals surface area contributed by atoms with Crippen LogP contribution in [0.3, 0.4) is 0 Å². The Morgan fingerprint density at radius 2 is 1.80 bits per heavy atom. The Balaban J connectivity index is 1.46. The predicted molar refractivity (Wildman–Crippen MR) is 75.0 cm³/mol. The summed E-state index contributed by atoms with van der Waals surface area (Å²) >= 11 is 0. The summed E-state index contributed by atoms with van der Waals surface area (Å²) in [5.41, 5.74) is 6.87. The highest BCUT2D eigenvalue weighted by Gasteiger charge is 2.38. The summed E-state index contributed by atoms with van der Waals surface area (Å²) in [6.45, 7) is 1.41. The maximum Gasteiger partial charge on any atom is 0.324 e. The summed E-state index contributed by atoms with van der Waals surface area (Å²) in [7, 11) is 0. The Morgan fingerprint density at radius 3 is 2.45 bits per heavy atom. The van der Waals surface area contributed by atoms with Gasteiger partial charge in [0.25, 0.3) is 0 Å². The zero-order valence-electron chi connectivity index (χ0n) is 12.2. The molecule has 1 spiro atoms. The third-order valence-electron chi connectivity index (χ3n) is 4.97. The van der Waals surface area contributed by atoms with Crippen LogP contribution in [0.4, 0.5) is 0 Å². The van der Waals surface area contributed by atoms with E-state index in [4.69, 9.17) is 9.47 Å². The highest BCUT2D eigenvalue weighted by atomic mass is 16.6. The molecular formula is C15H26N2O3. The fourth-order valence-corrected chi connectivity index (χ4v) is 3.62. The number of rotatable bonds is 2. The fraction of sp³-hybridized carbons (Fsp3) is 0.933. The molecule has 1 atom stereocenters. The molecule has 0 aromatic rings. The zero-order chi connectivity index (χ0) is 13.8. The van der Waals surface area contributed by atoms with Crippen LogP contribution in [0, 0.1) is 0 Å². The van der Waals surface area contributed by atoms with Crippen molar-refractivity contribution in [3.63, 3.8) is 0 Å². The predicted octanol–water partition coefficient (Wildman–Crippen LogP) is 1.67. The van der Waals surface area contributed by atoms with Crippen molar-refractivity contribution in [3.05, 3.63) is 0 Å². The number of nitrogens with one attached hydrogen (secondary N) is 2. The van der Waals surface area contributed by atoms with Gasteiger partial charge in [-0.15, -0.1) is 0 Å². The van der Waals surface area contributed by atoms with Gasteiger partial charge in [0.15, 0.2) is 0 Å². The van der Waals surface area contributed by atoms with Crippen LogP contribution in [0.25, 0.3) is 0 Å². The van der Waals surface area contributed by atoms with E-state index in [0.717, 1.165) is 25.7 Å². The minimum atomic E-state index is -0.189. The second-order valence-corrected chi connectivity index (χ2v) is 6.45. The van der Waals surface area contributed by atoms with Crippen LogP contribution in [-0.2, 0) is 14.3 Å². The molecule has 3 rings (SSSR count). The van der Waals surface area contributed by atoms with Crippen molar-refractivity contribution >= 4 is 5.97 Å². The Kier molecular flexibility index (Phi) is 4.58. The molecule has 2 saturated heterocycles. The van der Waals surface area contributed by atoms with Crippen LogP contribution >= 0.6 is 0 Å². The van der Waals surface area contributed by atoms with Gasteiger partial charge in [-0.25, -0.2) is 5.43 Å². The molecule has 0 bridgehead atoms. The van der Waals surface area contributed by atoms with E-state index in [0.29, 0.717) is 13.2 Å².